The van der Waals surface area contributed by atoms with Crippen LogP contribution >= 0.6 is 0 Å². The molecule has 1 aromatic heterocycles. The molecule has 52 heavy (non-hydrogen) atoms. The zero-order chi connectivity index (χ0) is 36.3. The van der Waals surface area contributed by atoms with E-state index in [4.69, 9.17) is 14.2 Å². The molecule has 9 nitrogen and oxygen atoms in total. The van der Waals surface area contributed by atoms with E-state index in [1.165, 1.54) is 6.42 Å². The van der Waals surface area contributed by atoms with E-state index >= 15 is 0 Å². The van der Waals surface area contributed by atoms with Crippen molar-refractivity contribution in [2.75, 3.05) is 49.7 Å². The van der Waals surface area contributed by atoms with Crippen molar-refractivity contribution in [3.05, 3.63) is 95.6 Å². The highest BCUT2D eigenvalue weighted by Crippen LogP contribution is 2.34. The number of carbonyl (C=O) groups excluding carboxylic acids is 1. The number of rotatable bonds is 16. The molecule has 1 amide bonds. The molecule has 2 atom stereocenters. The molecule has 3 heterocycles. The molecular weight excluding hydrogens is 673 g/mol. The van der Waals surface area contributed by atoms with Gasteiger partial charge in [-0.15, -0.1) is 0 Å². The Balaban J connectivity index is 1.16. The van der Waals surface area contributed by atoms with Crippen LogP contribution in [-0.2, 0) is 37.4 Å². The zero-order valence-corrected chi connectivity index (χ0v) is 31.6. The van der Waals surface area contributed by atoms with Gasteiger partial charge in [-0.3, -0.25) is 9.00 Å². The number of fused-ring (bicyclic) bond motifs is 1. The summed E-state index contributed by atoms with van der Waals surface area (Å²) >= 11 is 0. The number of anilines is 2. The molecule has 276 valence electrons. The number of unbranched alkanes of at least 4 members (excludes halogenated alkanes) is 1. The second-order valence-electron chi connectivity index (χ2n) is 13.5. The molecule has 3 aromatic carbocycles. The van der Waals surface area contributed by atoms with Gasteiger partial charge in [-0.2, -0.15) is 0 Å². The van der Waals surface area contributed by atoms with Gasteiger partial charge in [0.1, 0.15) is 12.4 Å². The average Bonchev–Trinajstić information content (AvgIpc) is 3.42. The average molecular weight is 725 g/mol. The van der Waals surface area contributed by atoms with Crippen molar-refractivity contribution >= 4 is 34.2 Å². The molecule has 0 bridgehead atoms. The number of nitrogens with zero attached hydrogens (tertiary/aromatic N) is 3. The summed E-state index contributed by atoms with van der Waals surface area (Å²) in [7, 11) is -1.23. The number of hydrogen-bond donors (Lipinski definition) is 1. The van der Waals surface area contributed by atoms with Gasteiger partial charge in [-0.05, 0) is 117 Å². The Morgan fingerprint density at radius 1 is 1.00 bits per heavy atom. The van der Waals surface area contributed by atoms with Gasteiger partial charge in [0.15, 0.2) is 0 Å². The number of ether oxygens (including phenoxy) is 3. The van der Waals surface area contributed by atoms with E-state index in [9.17, 15) is 9.00 Å². The van der Waals surface area contributed by atoms with Crippen LogP contribution in [0.5, 0.6) is 5.75 Å². The van der Waals surface area contributed by atoms with E-state index in [0.717, 1.165) is 91.5 Å². The smallest absolute Gasteiger partial charge is 0.251 e. The maximum absolute atomic E-state index is 13.8. The van der Waals surface area contributed by atoms with Crippen molar-refractivity contribution < 1.29 is 23.2 Å². The summed E-state index contributed by atoms with van der Waals surface area (Å²) in [4.78, 5) is 21.3. The Bertz CT molecular complexity index is 1830. The molecular formula is C42H52N4O5S. The molecule has 10 heteroatoms. The fourth-order valence-corrected chi connectivity index (χ4v) is 7.96. The van der Waals surface area contributed by atoms with E-state index in [-0.39, 0.29) is 12.0 Å². The number of amides is 1. The third kappa shape index (κ3) is 9.79. The van der Waals surface area contributed by atoms with Crippen LogP contribution in [-0.4, -0.2) is 65.3 Å². The molecule has 0 aliphatic carbocycles. The summed E-state index contributed by atoms with van der Waals surface area (Å²) < 4.78 is 32.9. The normalized spacial score (nSPS) is 16.5. The highest BCUT2D eigenvalue weighted by molar-refractivity contribution is 7.84. The predicted molar refractivity (Wildman–Crippen MR) is 209 cm³/mol. The topological polar surface area (TPSA) is 94.9 Å². The van der Waals surface area contributed by atoms with Gasteiger partial charge in [-0.25, -0.2) is 4.98 Å². The first-order valence-corrected chi connectivity index (χ1v) is 20.1. The lowest BCUT2D eigenvalue weighted by Gasteiger charge is -2.31. The van der Waals surface area contributed by atoms with Crippen molar-refractivity contribution in [3.8, 4) is 16.9 Å². The first-order chi connectivity index (χ1) is 25.4. The standard InChI is InChI=1S/C42H52N4O5S/c1-4-6-22-49-24-25-51-37-15-10-32(11-16-37)33-12-19-40-35(26-33)27-34(20-21-46(40)28-38-9-7-8-23-50-38)42(47)44-36-13-17-39(18-14-36)52(48)29-41-31(3)43-30-45(41)5-2/h10-19,26-27,30,38H,4-9,20-25,28-29H2,1-3H3,(H,44,47)/t38-,52-/m1/s1. The first kappa shape index (κ1) is 37.5. The molecule has 2 aliphatic heterocycles. The molecule has 6 rings (SSSR count). The van der Waals surface area contributed by atoms with Gasteiger partial charge in [0.2, 0.25) is 0 Å². The van der Waals surface area contributed by atoms with Crippen LogP contribution < -0.4 is 15.0 Å². The lowest BCUT2D eigenvalue weighted by Crippen LogP contribution is -2.36. The van der Waals surface area contributed by atoms with Crippen molar-refractivity contribution in [2.45, 2.75) is 82.6 Å². The minimum absolute atomic E-state index is 0.136. The molecule has 0 saturated carbocycles. The summed E-state index contributed by atoms with van der Waals surface area (Å²) in [6.07, 6.45) is 10.1. The SMILES string of the molecule is CCCCOCCOc1ccc(-c2ccc3c(c2)C=C(C(=O)Nc2ccc([S@](=O)Cc4c(C)ncn4CC)cc2)CCN3C[C@H]2CCCCO2)cc1. The van der Waals surface area contributed by atoms with Crippen molar-refractivity contribution in [1.29, 1.82) is 0 Å². The number of aromatic nitrogens is 2. The molecule has 4 aromatic rings. The van der Waals surface area contributed by atoms with Crippen molar-refractivity contribution in [2.24, 2.45) is 0 Å². The monoisotopic (exact) mass is 724 g/mol. The molecule has 0 radical (unpaired) electrons. The molecule has 0 spiro atoms. The molecule has 2 aliphatic rings. The number of benzene rings is 3. The predicted octanol–water partition coefficient (Wildman–Crippen LogP) is 8.18. The number of hydrogen-bond acceptors (Lipinski definition) is 7. The van der Waals surface area contributed by atoms with Gasteiger partial charge in [0.25, 0.3) is 5.91 Å². The Morgan fingerprint density at radius 2 is 1.81 bits per heavy atom. The van der Waals surface area contributed by atoms with Gasteiger partial charge < -0.3 is 29.0 Å². The molecule has 1 saturated heterocycles. The fraction of sp³-hybridized carbons (Fsp3) is 0.429. The quantitative estimate of drug-likeness (QED) is 0.117. The maximum Gasteiger partial charge on any atom is 0.251 e. The summed E-state index contributed by atoms with van der Waals surface area (Å²) in [6.45, 7) is 11.1. The Labute approximate surface area is 310 Å². The number of aryl methyl sites for hydroxylation is 2. The second-order valence-corrected chi connectivity index (χ2v) is 14.9. The van der Waals surface area contributed by atoms with Gasteiger partial charge in [0, 0.05) is 54.7 Å². The minimum Gasteiger partial charge on any atom is -0.491 e. The van der Waals surface area contributed by atoms with Crippen LogP contribution in [0.2, 0.25) is 0 Å². The third-order valence-electron chi connectivity index (χ3n) is 9.80. The van der Waals surface area contributed by atoms with Gasteiger partial charge in [0.05, 0.1) is 47.0 Å². The van der Waals surface area contributed by atoms with Crippen LogP contribution in [0.25, 0.3) is 17.2 Å². The molecule has 1 fully saturated rings. The fourth-order valence-electron chi connectivity index (χ4n) is 6.73. The van der Waals surface area contributed by atoms with Crippen LogP contribution in [0.4, 0.5) is 11.4 Å². The summed E-state index contributed by atoms with van der Waals surface area (Å²) in [6, 6.07) is 22.0. The number of imidazole rings is 1. The Kier molecular flexibility index (Phi) is 13.3. The summed E-state index contributed by atoms with van der Waals surface area (Å²) in [5.74, 6) is 1.08. The van der Waals surface area contributed by atoms with Crippen molar-refractivity contribution in [3.63, 3.8) is 0 Å². The Hall–Kier alpha value is -4.25. The van der Waals surface area contributed by atoms with E-state index in [1.807, 2.05) is 54.0 Å². The maximum atomic E-state index is 13.8. The Morgan fingerprint density at radius 3 is 2.56 bits per heavy atom. The zero-order valence-electron chi connectivity index (χ0n) is 30.8. The van der Waals surface area contributed by atoms with E-state index in [1.54, 1.807) is 6.33 Å². The number of nitrogens with one attached hydrogen (secondary N) is 1. The van der Waals surface area contributed by atoms with E-state index < -0.39 is 10.8 Å². The largest absolute Gasteiger partial charge is 0.491 e. The lowest BCUT2D eigenvalue weighted by atomic mass is 10.00. The lowest BCUT2D eigenvalue weighted by molar-refractivity contribution is -0.112. The van der Waals surface area contributed by atoms with E-state index in [2.05, 4.69) is 59.4 Å². The van der Waals surface area contributed by atoms with Crippen LogP contribution in [0.15, 0.2) is 83.5 Å². The van der Waals surface area contributed by atoms with Crippen LogP contribution in [0.1, 0.15) is 69.3 Å². The first-order valence-electron chi connectivity index (χ1n) is 18.7. The third-order valence-corrected chi connectivity index (χ3v) is 11.1. The molecule has 1 N–H and O–H groups in total. The second kappa shape index (κ2) is 18.5. The highest BCUT2D eigenvalue weighted by Gasteiger charge is 2.24. The minimum atomic E-state index is -1.23. The van der Waals surface area contributed by atoms with Crippen molar-refractivity contribution in [1.82, 2.24) is 9.55 Å². The van der Waals surface area contributed by atoms with Gasteiger partial charge in [-0.1, -0.05) is 31.5 Å². The summed E-state index contributed by atoms with van der Waals surface area (Å²) in [5, 5.41) is 3.10. The van der Waals surface area contributed by atoms with E-state index in [0.29, 0.717) is 48.1 Å². The highest BCUT2D eigenvalue weighted by atomic mass is 32.2. The van der Waals surface area contributed by atoms with Crippen LogP contribution in [0.3, 0.4) is 0 Å². The molecule has 0 unspecified atom stereocenters. The summed E-state index contributed by atoms with van der Waals surface area (Å²) in [5.41, 5.74) is 7.52. The number of carbonyl (C=O) groups is 1. The van der Waals surface area contributed by atoms with Crippen LogP contribution in [0, 0.1) is 6.92 Å². The van der Waals surface area contributed by atoms with Gasteiger partial charge >= 0.3 is 0 Å².